The van der Waals surface area contributed by atoms with Crippen LogP contribution in [-0.4, -0.2) is 24.4 Å². The molecule has 1 unspecified atom stereocenters. The van der Waals surface area contributed by atoms with Gasteiger partial charge in [-0.2, -0.15) is 5.10 Å². The predicted molar refractivity (Wildman–Crippen MR) is 67.2 cm³/mol. The van der Waals surface area contributed by atoms with Crippen LogP contribution < -0.4 is 10.1 Å². The second-order valence-electron chi connectivity index (χ2n) is 3.96. The fraction of sp³-hybridized carbons (Fsp3) is 0.308. The van der Waals surface area contributed by atoms with Gasteiger partial charge in [0.15, 0.2) is 0 Å². The average molecular weight is 231 g/mol. The molecule has 90 valence electrons. The molecule has 0 saturated carbocycles. The summed E-state index contributed by atoms with van der Waals surface area (Å²) in [6.45, 7) is 2.08. The van der Waals surface area contributed by atoms with E-state index in [2.05, 4.69) is 28.5 Å². The maximum absolute atomic E-state index is 5.21. The average Bonchev–Trinajstić information content (AvgIpc) is 2.85. The summed E-state index contributed by atoms with van der Waals surface area (Å²) < 4.78 is 5.21. The summed E-state index contributed by atoms with van der Waals surface area (Å²) >= 11 is 0. The maximum atomic E-state index is 5.21. The van der Waals surface area contributed by atoms with E-state index < -0.39 is 0 Å². The third-order valence-electron chi connectivity index (χ3n) is 2.91. The minimum Gasteiger partial charge on any atom is -0.497 e. The first-order chi connectivity index (χ1) is 8.26. The van der Waals surface area contributed by atoms with Gasteiger partial charge in [0.2, 0.25) is 0 Å². The van der Waals surface area contributed by atoms with Gasteiger partial charge in [-0.15, -0.1) is 0 Å². The van der Waals surface area contributed by atoms with Gasteiger partial charge in [-0.1, -0.05) is 6.07 Å². The number of aryl methyl sites for hydroxylation is 1. The highest BCUT2D eigenvalue weighted by atomic mass is 16.5. The predicted octanol–water partition coefficient (Wildman–Crippen LogP) is 2.04. The van der Waals surface area contributed by atoms with Crippen molar-refractivity contribution in [1.82, 2.24) is 15.5 Å². The molecule has 0 aliphatic heterocycles. The second-order valence-corrected chi connectivity index (χ2v) is 3.96. The lowest BCUT2D eigenvalue weighted by Gasteiger charge is -2.18. The Morgan fingerprint density at radius 2 is 2.18 bits per heavy atom. The Hall–Kier alpha value is -1.81. The van der Waals surface area contributed by atoms with Crippen molar-refractivity contribution in [2.75, 3.05) is 14.2 Å². The standard InChI is InChI=1S/C13H17N3O/c1-9-8-10(17-3)4-5-11(9)13(14-2)12-6-7-15-16-12/h4-8,13-14H,1-3H3,(H,15,16). The van der Waals surface area contributed by atoms with Gasteiger partial charge in [-0.05, 0) is 43.3 Å². The Kier molecular flexibility index (Phi) is 3.44. The van der Waals surface area contributed by atoms with Crippen molar-refractivity contribution in [3.8, 4) is 5.75 Å². The van der Waals surface area contributed by atoms with E-state index in [9.17, 15) is 0 Å². The van der Waals surface area contributed by atoms with Crippen molar-refractivity contribution in [2.24, 2.45) is 0 Å². The van der Waals surface area contributed by atoms with E-state index in [0.717, 1.165) is 11.4 Å². The molecule has 1 atom stereocenters. The van der Waals surface area contributed by atoms with Crippen LogP contribution in [0.2, 0.25) is 0 Å². The number of nitrogens with zero attached hydrogens (tertiary/aromatic N) is 1. The summed E-state index contributed by atoms with van der Waals surface area (Å²) in [7, 11) is 3.62. The van der Waals surface area contributed by atoms with Crippen molar-refractivity contribution >= 4 is 0 Å². The summed E-state index contributed by atoms with van der Waals surface area (Å²) in [6.07, 6.45) is 1.76. The third kappa shape index (κ3) is 2.31. The molecule has 0 aliphatic rings. The highest BCUT2D eigenvalue weighted by molar-refractivity contribution is 5.39. The molecule has 1 aromatic heterocycles. The molecule has 0 amide bonds. The minimum absolute atomic E-state index is 0.128. The van der Waals surface area contributed by atoms with Crippen LogP contribution in [0.25, 0.3) is 0 Å². The van der Waals surface area contributed by atoms with Crippen molar-refractivity contribution < 1.29 is 4.74 Å². The first-order valence-corrected chi connectivity index (χ1v) is 5.57. The molecule has 0 radical (unpaired) electrons. The third-order valence-corrected chi connectivity index (χ3v) is 2.91. The Balaban J connectivity index is 2.38. The number of methoxy groups -OCH3 is 1. The Labute approximate surface area is 101 Å². The van der Waals surface area contributed by atoms with E-state index in [1.165, 1.54) is 11.1 Å². The number of hydrogen-bond acceptors (Lipinski definition) is 3. The van der Waals surface area contributed by atoms with Crippen LogP contribution in [0.3, 0.4) is 0 Å². The lowest BCUT2D eigenvalue weighted by atomic mass is 9.99. The first kappa shape index (κ1) is 11.7. The van der Waals surface area contributed by atoms with Gasteiger partial charge >= 0.3 is 0 Å². The number of hydrogen-bond donors (Lipinski definition) is 2. The van der Waals surface area contributed by atoms with Crippen LogP contribution in [0.5, 0.6) is 5.75 Å². The number of ether oxygens (including phenoxy) is 1. The van der Waals surface area contributed by atoms with Gasteiger partial charge in [-0.25, -0.2) is 0 Å². The molecule has 1 aromatic carbocycles. The quantitative estimate of drug-likeness (QED) is 0.846. The number of benzene rings is 1. The van der Waals surface area contributed by atoms with Crippen LogP contribution in [0.1, 0.15) is 22.9 Å². The lowest BCUT2D eigenvalue weighted by molar-refractivity contribution is 0.414. The maximum Gasteiger partial charge on any atom is 0.119 e. The molecule has 2 aromatic rings. The van der Waals surface area contributed by atoms with Crippen molar-refractivity contribution in [2.45, 2.75) is 13.0 Å². The number of aromatic amines is 1. The van der Waals surface area contributed by atoms with Gasteiger partial charge in [0.1, 0.15) is 5.75 Å². The highest BCUT2D eigenvalue weighted by Crippen LogP contribution is 2.26. The van der Waals surface area contributed by atoms with E-state index in [1.807, 2.05) is 25.2 Å². The Bertz CT molecular complexity index is 479. The number of H-pyrrole nitrogens is 1. The molecule has 2 rings (SSSR count). The van der Waals surface area contributed by atoms with Crippen LogP contribution in [0.4, 0.5) is 0 Å². The summed E-state index contributed by atoms with van der Waals surface area (Å²) in [4.78, 5) is 0. The van der Waals surface area contributed by atoms with Crippen LogP contribution in [0.15, 0.2) is 30.5 Å². The molecule has 1 heterocycles. The summed E-state index contributed by atoms with van der Waals surface area (Å²) in [5, 5.41) is 10.3. The van der Waals surface area contributed by atoms with Crippen molar-refractivity contribution in [3.05, 3.63) is 47.3 Å². The van der Waals surface area contributed by atoms with Crippen molar-refractivity contribution in [1.29, 1.82) is 0 Å². The topological polar surface area (TPSA) is 49.9 Å². The van der Waals surface area contributed by atoms with Gasteiger partial charge in [0, 0.05) is 6.20 Å². The summed E-state index contributed by atoms with van der Waals surface area (Å²) in [5.74, 6) is 0.880. The number of aromatic nitrogens is 2. The largest absolute Gasteiger partial charge is 0.497 e. The Morgan fingerprint density at radius 3 is 2.71 bits per heavy atom. The number of rotatable bonds is 4. The minimum atomic E-state index is 0.128. The molecule has 0 bridgehead atoms. The summed E-state index contributed by atoms with van der Waals surface area (Å²) in [5.41, 5.74) is 3.47. The molecule has 4 heteroatoms. The van der Waals surface area contributed by atoms with Crippen LogP contribution >= 0.6 is 0 Å². The second kappa shape index (κ2) is 5.01. The highest BCUT2D eigenvalue weighted by Gasteiger charge is 2.15. The zero-order chi connectivity index (χ0) is 12.3. The van der Waals surface area contributed by atoms with E-state index in [0.29, 0.717) is 0 Å². The van der Waals surface area contributed by atoms with Gasteiger partial charge in [-0.3, -0.25) is 5.10 Å². The fourth-order valence-corrected chi connectivity index (χ4v) is 2.01. The van der Waals surface area contributed by atoms with E-state index >= 15 is 0 Å². The smallest absolute Gasteiger partial charge is 0.119 e. The molecular weight excluding hydrogens is 214 g/mol. The fourth-order valence-electron chi connectivity index (χ4n) is 2.01. The molecule has 0 spiro atoms. The molecular formula is C13H17N3O. The van der Waals surface area contributed by atoms with Gasteiger partial charge in [0.25, 0.3) is 0 Å². The van der Waals surface area contributed by atoms with E-state index in [1.54, 1.807) is 13.3 Å². The first-order valence-electron chi connectivity index (χ1n) is 5.57. The zero-order valence-electron chi connectivity index (χ0n) is 10.3. The molecule has 4 nitrogen and oxygen atoms in total. The molecule has 0 aliphatic carbocycles. The van der Waals surface area contributed by atoms with Crippen molar-refractivity contribution in [3.63, 3.8) is 0 Å². The molecule has 17 heavy (non-hydrogen) atoms. The zero-order valence-corrected chi connectivity index (χ0v) is 10.3. The Morgan fingerprint density at radius 1 is 1.35 bits per heavy atom. The van der Waals surface area contributed by atoms with Gasteiger partial charge in [0.05, 0.1) is 18.8 Å². The van der Waals surface area contributed by atoms with Crippen LogP contribution in [-0.2, 0) is 0 Å². The lowest BCUT2D eigenvalue weighted by Crippen LogP contribution is -2.19. The van der Waals surface area contributed by atoms with Gasteiger partial charge < -0.3 is 10.1 Å². The molecule has 0 fully saturated rings. The monoisotopic (exact) mass is 231 g/mol. The normalized spacial score (nSPS) is 12.4. The van der Waals surface area contributed by atoms with E-state index in [-0.39, 0.29) is 6.04 Å². The van der Waals surface area contributed by atoms with Crippen LogP contribution in [0, 0.1) is 6.92 Å². The van der Waals surface area contributed by atoms with E-state index in [4.69, 9.17) is 4.74 Å². The number of nitrogens with one attached hydrogen (secondary N) is 2. The molecule has 2 N–H and O–H groups in total. The summed E-state index contributed by atoms with van der Waals surface area (Å²) in [6, 6.07) is 8.20. The SMILES string of the molecule is CNC(c1ccn[nH]1)c1ccc(OC)cc1C. The molecule has 0 saturated heterocycles.